The molecular weight excluding hydrogens is 256 g/mol. The summed E-state index contributed by atoms with van der Waals surface area (Å²) in [4.78, 5) is 12.1. The fourth-order valence-electron chi connectivity index (χ4n) is 3.13. The maximum atomic E-state index is 5.70. The third kappa shape index (κ3) is 1.75. The number of aryl methyl sites for hydroxylation is 2. The molecule has 0 radical (unpaired) electrons. The number of fused-ring (bicyclic) bond motifs is 3. The molecule has 5 heteroatoms. The number of rotatable bonds is 2. The average Bonchev–Trinajstić information content (AvgIpc) is 2.74. The van der Waals surface area contributed by atoms with Gasteiger partial charge in [-0.05, 0) is 44.1 Å². The summed E-state index contributed by atoms with van der Waals surface area (Å²) in [5.41, 5.74) is 4.25. The van der Waals surface area contributed by atoms with Gasteiger partial charge >= 0.3 is 0 Å². The molecule has 2 aromatic rings. The summed E-state index contributed by atoms with van der Waals surface area (Å²) in [7, 11) is 0. The van der Waals surface area contributed by atoms with Gasteiger partial charge < -0.3 is 5.43 Å². The highest BCUT2D eigenvalue weighted by atomic mass is 32.1. The quantitative estimate of drug-likeness (QED) is 0.652. The lowest BCUT2D eigenvalue weighted by Crippen LogP contribution is -2.16. The van der Waals surface area contributed by atoms with Gasteiger partial charge in [0.1, 0.15) is 10.7 Å². The lowest BCUT2D eigenvalue weighted by atomic mass is 9.85. The molecule has 2 heterocycles. The molecule has 0 aromatic carbocycles. The van der Waals surface area contributed by atoms with E-state index in [1.54, 1.807) is 0 Å². The van der Waals surface area contributed by atoms with E-state index in [2.05, 4.69) is 10.4 Å². The normalized spacial score (nSPS) is 19.2. The van der Waals surface area contributed by atoms with Crippen molar-refractivity contribution >= 4 is 27.4 Å². The molecule has 4 nitrogen and oxygen atoms in total. The second-order valence-corrected chi connectivity index (χ2v) is 6.68. The van der Waals surface area contributed by atoms with Gasteiger partial charge in [0.15, 0.2) is 5.82 Å². The molecule has 0 aliphatic heterocycles. The summed E-state index contributed by atoms with van der Waals surface area (Å²) < 4.78 is 0. The van der Waals surface area contributed by atoms with E-state index >= 15 is 0 Å². The van der Waals surface area contributed by atoms with E-state index in [1.807, 2.05) is 11.3 Å². The van der Waals surface area contributed by atoms with Crippen LogP contribution in [0.3, 0.4) is 0 Å². The number of thiophene rings is 1. The molecule has 2 aliphatic carbocycles. The number of hydrazine groups is 1. The summed E-state index contributed by atoms with van der Waals surface area (Å²) in [5, 5.41) is 1.19. The number of aromatic nitrogens is 2. The number of hydrogen-bond donors (Lipinski definition) is 2. The second-order valence-electron chi connectivity index (χ2n) is 5.59. The van der Waals surface area contributed by atoms with Crippen molar-refractivity contribution in [3.63, 3.8) is 0 Å². The van der Waals surface area contributed by atoms with E-state index in [0.717, 1.165) is 22.9 Å². The fraction of sp³-hybridized carbons (Fsp3) is 0.571. The smallest absolute Gasteiger partial charge is 0.152 e. The van der Waals surface area contributed by atoms with E-state index in [9.17, 15) is 0 Å². The zero-order valence-electron chi connectivity index (χ0n) is 10.9. The van der Waals surface area contributed by atoms with Crippen LogP contribution in [-0.4, -0.2) is 9.97 Å². The highest BCUT2D eigenvalue weighted by molar-refractivity contribution is 7.19. The maximum absolute atomic E-state index is 5.70. The maximum Gasteiger partial charge on any atom is 0.152 e. The number of nitrogens with zero attached hydrogens (tertiary/aromatic N) is 2. The lowest BCUT2D eigenvalue weighted by Gasteiger charge is -2.24. The van der Waals surface area contributed by atoms with Crippen molar-refractivity contribution in [2.24, 2.45) is 5.84 Å². The molecule has 0 unspecified atom stereocenters. The molecule has 0 bridgehead atoms. The predicted octanol–water partition coefficient (Wildman–Crippen LogP) is 3.12. The van der Waals surface area contributed by atoms with Crippen LogP contribution in [0.4, 0.5) is 5.82 Å². The minimum atomic E-state index is 0.552. The van der Waals surface area contributed by atoms with Gasteiger partial charge in [0.25, 0.3) is 0 Å². The topological polar surface area (TPSA) is 63.8 Å². The Hall–Kier alpha value is -1.20. The molecule has 19 heavy (non-hydrogen) atoms. The van der Waals surface area contributed by atoms with Crippen LogP contribution >= 0.6 is 11.3 Å². The van der Waals surface area contributed by atoms with Crippen molar-refractivity contribution in [1.82, 2.24) is 9.97 Å². The minimum Gasteiger partial charge on any atom is -0.308 e. The van der Waals surface area contributed by atoms with Crippen LogP contribution in [0.15, 0.2) is 0 Å². The number of nitrogens with two attached hydrogens (primary N) is 1. The van der Waals surface area contributed by atoms with Gasteiger partial charge in [-0.15, -0.1) is 11.3 Å². The summed E-state index contributed by atoms with van der Waals surface area (Å²) >= 11 is 1.85. The van der Waals surface area contributed by atoms with Crippen molar-refractivity contribution in [3.8, 4) is 0 Å². The Morgan fingerprint density at radius 2 is 1.95 bits per heavy atom. The van der Waals surface area contributed by atoms with E-state index in [-0.39, 0.29) is 0 Å². The van der Waals surface area contributed by atoms with Crippen LogP contribution in [0.2, 0.25) is 0 Å². The van der Waals surface area contributed by atoms with E-state index < -0.39 is 0 Å². The Labute approximate surface area is 116 Å². The number of hydrogen-bond acceptors (Lipinski definition) is 5. The molecule has 1 fully saturated rings. The van der Waals surface area contributed by atoms with Crippen molar-refractivity contribution in [2.75, 3.05) is 5.43 Å². The van der Waals surface area contributed by atoms with Gasteiger partial charge in [-0.2, -0.15) is 0 Å². The lowest BCUT2D eigenvalue weighted by molar-refractivity contribution is 0.403. The third-order valence-corrected chi connectivity index (χ3v) is 5.62. The van der Waals surface area contributed by atoms with Gasteiger partial charge in [0, 0.05) is 10.8 Å². The first-order chi connectivity index (χ1) is 9.36. The van der Waals surface area contributed by atoms with E-state index in [1.165, 1.54) is 54.4 Å². The SMILES string of the molecule is NNc1nc(C2CCC2)nc2sc3c(c12)CCCC3. The Kier molecular flexibility index (Phi) is 2.70. The Morgan fingerprint density at radius 3 is 2.68 bits per heavy atom. The molecule has 100 valence electrons. The monoisotopic (exact) mass is 274 g/mol. The third-order valence-electron chi connectivity index (χ3n) is 4.44. The van der Waals surface area contributed by atoms with Crippen LogP contribution in [0, 0.1) is 0 Å². The zero-order valence-corrected chi connectivity index (χ0v) is 11.7. The summed E-state index contributed by atoms with van der Waals surface area (Å²) in [6.45, 7) is 0. The highest BCUT2D eigenvalue weighted by Gasteiger charge is 2.26. The van der Waals surface area contributed by atoms with Crippen molar-refractivity contribution in [3.05, 3.63) is 16.3 Å². The fourth-order valence-corrected chi connectivity index (χ4v) is 4.40. The molecule has 0 saturated heterocycles. The Bertz CT molecular complexity index is 630. The minimum absolute atomic E-state index is 0.552. The predicted molar refractivity (Wildman–Crippen MR) is 78.5 cm³/mol. The summed E-state index contributed by atoms with van der Waals surface area (Å²) in [6.07, 6.45) is 8.66. The Balaban J connectivity index is 1.92. The molecule has 4 rings (SSSR count). The van der Waals surface area contributed by atoms with Crippen molar-refractivity contribution in [1.29, 1.82) is 0 Å². The molecule has 0 spiro atoms. The first-order valence-corrected chi connectivity index (χ1v) is 7.97. The van der Waals surface area contributed by atoms with Crippen LogP contribution in [0.5, 0.6) is 0 Å². The number of anilines is 1. The van der Waals surface area contributed by atoms with Gasteiger partial charge in [-0.3, -0.25) is 0 Å². The first-order valence-electron chi connectivity index (χ1n) is 7.15. The van der Waals surface area contributed by atoms with Crippen molar-refractivity contribution < 1.29 is 0 Å². The van der Waals surface area contributed by atoms with Gasteiger partial charge in [-0.1, -0.05) is 6.42 Å². The van der Waals surface area contributed by atoms with Crippen LogP contribution in [-0.2, 0) is 12.8 Å². The summed E-state index contributed by atoms with van der Waals surface area (Å²) in [6, 6.07) is 0. The van der Waals surface area contributed by atoms with Crippen LogP contribution < -0.4 is 11.3 Å². The molecule has 3 N–H and O–H groups in total. The standard InChI is InChI=1S/C14H18N4S/c15-18-13-11-9-6-1-2-7-10(9)19-14(11)17-12(16-13)8-4-3-5-8/h8H,1-7,15H2,(H,16,17,18). The summed E-state index contributed by atoms with van der Waals surface area (Å²) in [5.74, 6) is 8.08. The van der Waals surface area contributed by atoms with Gasteiger partial charge in [0.05, 0.1) is 5.39 Å². The van der Waals surface area contributed by atoms with Crippen molar-refractivity contribution in [2.45, 2.75) is 50.9 Å². The zero-order chi connectivity index (χ0) is 12.8. The molecule has 0 atom stereocenters. The van der Waals surface area contributed by atoms with E-state index in [4.69, 9.17) is 10.8 Å². The molecule has 2 aliphatic rings. The molecular formula is C14H18N4S. The van der Waals surface area contributed by atoms with E-state index in [0.29, 0.717) is 5.92 Å². The second kappa shape index (κ2) is 4.42. The Morgan fingerprint density at radius 1 is 1.11 bits per heavy atom. The highest BCUT2D eigenvalue weighted by Crippen LogP contribution is 2.41. The molecule has 0 amide bonds. The largest absolute Gasteiger partial charge is 0.308 e. The first kappa shape index (κ1) is 11.6. The molecule has 2 aromatic heterocycles. The van der Waals surface area contributed by atoms with Crippen LogP contribution in [0.1, 0.15) is 54.3 Å². The van der Waals surface area contributed by atoms with Gasteiger partial charge in [0.2, 0.25) is 0 Å². The van der Waals surface area contributed by atoms with Gasteiger partial charge in [-0.25, -0.2) is 15.8 Å². The number of nitrogen functional groups attached to an aromatic ring is 1. The van der Waals surface area contributed by atoms with Crippen LogP contribution in [0.25, 0.3) is 10.2 Å². The average molecular weight is 274 g/mol. The number of nitrogens with one attached hydrogen (secondary N) is 1. The molecule has 1 saturated carbocycles.